The summed E-state index contributed by atoms with van der Waals surface area (Å²) in [6.45, 7) is 4.72. The van der Waals surface area contributed by atoms with Crippen LogP contribution in [0.15, 0.2) is 65.6 Å². The first-order chi connectivity index (χ1) is 21.4. The maximum atomic E-state index is 14.3. The molecule has 3 rings (SSSR count). The first-order valence-corrected chi connectivity index (χ1v) is 16.0. The van der Waals surface area contributed by atoms with Crippen molar-refractivity contribution < 1.29 is 37.0 Å². The normalized spacial score (nSPS) is 12.4. The second kappa shape index (κ2) is 15.7. The van der Waals surface area contributed by atoms with Gasteiger partial charge in [0.15, 0.2) is 11.5 Å². The number of amides is 2. The number of carbonyl (C=O) groups excluding carboxylic acids is 2. The van der Waals surface area contributed by atoms with Crippen LogP contribution >= 0.6 is 11.6 Å². The van der Waals surface area contributed by atoms with E-state index < -0.39 is 28.5 Å². The number of anilines is 1. The molecule has 45 heavy (non-hydrogen) atoms. The lowest BCUT2D eigenvalue weighted by atomic mass is 10.1. The Kier molecular flexibility index (Phi) is 12.3. The Bertz CT molecular complexity index is 1600. The third-order valence-corrected chi connectivity index (χ3v) is 9.28. The van der Waals surface area contributed by atoms with Crippen LogP contribution in [0.5, 0.6) is 23.0 Å². The number of ether oxygens (including phenoxy) is 4. The topological polar surface area (TPSA) is 124 Å². The minimum Gasteiger partial charge on any atom is -0.497 e. The van der Waals surface area contributed by atoms with Crippen molar-refractivity contribution in [2.75, 3.05) is 39.3 Å². The van der Waals surface area contributed by atoms with E-state index in [9.17, 15) is 18.0 Å². The van der Waals surface area contributed by atoms with Gasteiger partial charge < -0.3 is 29.2 Å². The molecule has 0 saturated carbocycles. The van der Waals surface area contributed by atoms with Gasteiger partial charge in [-0.1, -0.05) is 30.7 Å². The summed E-state index contributed by atoms with van der Waals surface area (Å²) in [5.41, 5.74) is 0.715. The number of hydrogen-bond donors (Lipinski definition) is 1. The Morgan fingerprint density at radius 3 is 2.16 bits per heavy atom. The van der Waals surface area contributed by atoms with Gasteiger partial charge >= 0.3 is 0 Å². The van der Waals surface area contributed by atoms with Crippen molar-refractivity contribution in [2.45, 2.75) is 50.7 Å². The molecular formula is C32H40ClN3O8S. The van der Waals surface area contributed by atoms with Gasteiger partial charge in [-0.3, -0.25) is 13.9 Å². The first-order valence-electron chi connectivity index (χ1n) is 14.2. The van der Waals surface area contributed by atoms with Gasteiger partial charge in [0.05, 0.1) is 39.0 Å². The molecule has 0 fully saturated rings. The van der Waals surface area contributed by atoms with Crippen LogP contribution in [0.4, 0.5) is 5.69 Å². The molecule has 0 saturated heterocycles. The summed E-state index contributed by atoms with van der Waals surface area (Å²) < 4.78 is 51.0. The molecular weight excluding hydrogens is 622 g/mol. The Morgan fingerprint density at radius 1 is 0.867 bits per heavy atom. The van der Waals surface area contributed by atoms with Crippen molar-refractivity contribution in [1.82, 2.24) is 10.2 Å². The average molecular weight is 662 g/mol. The van der Waals surface area contributed by atoms with Crippen LogP contribution in [-0.4, -0.2) is 72.2 Å². The van der Waals surface area contributed by atoms with Crippen LogP contribution in [0.3, 0.4) is 0 Å². The van der Waals surface area contributed by atoms with Crippen molar-refractivity contribution in [3.8, 4) is 23.0 Å². The van der Waals surface area contributed by atoms with Crippen molar-refractivity contribution in [1.29, 1.82) is 0 Å². The minimum absolute atomic E-state index is 0.00204. The van der Waals surface area contributed by atoms with E-state index in [4.69, 9.17) is 30.5 Å². The van der Waals surface area contributed by atoms with Gasteiger partial charge in [0.25, 0.3) is 10.0 Å². The van der Waals surface area contributed by atoms with E-state index in [2.05, 4.69) is 5.32 Å². The molecule has 0 spiro atoms. The van der Waals surface area contributed by atoms with Gasteiger partial charge in [0, 0.05) is 23.7 Å². The smallest absolute Gasteiger partial charge is 0.265 e. The maximum Gasteiger partial charge on any atom is 0.265 e. The van der Waals surface area contributed by atoms with Crippen LogP contribution in [-0.2, 0) is 26.2 Å². The molecule has 0 aromatic heterocycles. The second-order valence-corrected chi connectivity index (χ2v) is 12.5. The summed E-state index contributed by atoms with van der Waals surface area (Å²) in [5, 5.41) is 3.13. The predicted octanol–water partition coefficient (Wildman–Crippen LogP) is 4.90. The third kappa shape index (κ3) is 8.52. The highest BCUT2D eigenvalue weighted by Gasteiger charge is 2.34. The quantitative estimate of drug-likeness (QED) is 0.244. The fourth-order valence-corrected chi connectivity index (χ4v) is 6.09. The van der Waals surface area contributed by atoms with Crippen LogP contribution in [0.2, 0.25) is 5.02 Å². The van der Waals surface area contributed by atoms with Crippen molar-refractivity contribution in [3.05, 3.63) is 71.2 Å². The zero-order valence-corrected chi connectivity index (χ0v) is 28.1. The monoisotopic (exact) mass is 661 g/mol. The van der Waals surface area contributed by atoms with E-state index in [1.54, 1.807) is 37.3 Å². The number of rotatable bonds is 15. The number of sulfonamides is 1. The van der Waals surface area contributed by atoms with E-state index >= 15 is 0 Å². The number of nitrogens with zero attached hydrogens (tertiary/aromatic N) is 2. The average Bonchev–Trinajstić information content (AvgIpc) is 3.04. The fourth-order valence-electron chi connectivity index (χ4n) is 4.49. The maximum absolute atomic E-state index is 14.3. The highest BCUT2D eigenvalue weighted by molar-refractivity contribution is 7.92. The third-order valence-electron chi connectivity index (χ3n) is 7.29. The molecule has 0 aliphatic heterocycles. The zero-order chi connectivity index (χ0) is 33.3. The molecule has 2 atom stereocenters. The van der Waals surface area contributed by atoms with Gasteiger partial charge in [-0.25, -0.2) is 8.42 Å². The Labute approximate surface area is 270 Å². The molecule has 0 bridgehead atoms. The summed E-state index contributed by atoms with van der Waals surface area (Å²) in [4.78, 5) is 28.7. The summed E-state index contributed by atoms with van der Waals surface area (Å²) in [7, 11) is 1.28. The molecule has 2 amide bonds. The fraction of sp³-hybridized carbons (Fsp3) is 0.375. The lowest BCUT2D eigenvalue weighted by molar-refractivity contribution is -0.139. The highest BCUT2D eigenvalue weighted by Crippen LogP contribution is 2.37. The molecule has 1 N–H and O–H groups in total. The SMILES string of the molecule is CCC(C)NC(=O)C(C)N(Cc1cccc(OC)c1)C(=O)CN(c1cc(Cl)ccc1OC)S(=O)(=O)c1ccc(OC)c(OC)c1. The number of hydrogen-bond acceptors (Lipinski definition) is 8. The lowest BCUT2D eigenvalue weighted by Gasteiger charge is -2.33. The van der Waals surface area contributed by atoms with Gasteiger partial charge in [-0.15, -0.1) is 0 Å². The summed E-state index contributed by atoms with van der Waals surface area (Å²) in [5.74, 6) is 0.213. The van der Waals surface area contributed by atoms with Gasteiger partial charge in [0.2, 0.25) is 11.8 Å². The zero-order valence-electron chi connectivity index (χ0n) is 26.5. The number of carbonyl (C=O) groups is 2. The summed E-state index contributed by atoms with van der Waals surface area (Å²) >= 11 is 6.32. The summed E-state index contributed by atoms with van der Waals surface area (Å²) in [6.07, 6.45) is 0.689. The Balaban J connectivity index is 2.15. The first kappa shape index (κ1) is 35.3. The molecule has 3 aromatic rings. The molecule has 13 heteroatoms. The number of nitrogens with one attached hydrogen (secondary N) is 1. The van der Waals surface area contributed by atoms with Crippen LogP contribution in [0, 0.1) is 0 Å². The minimum atomic E-state index is -4.45. The van der Waals surface area contributed by atoms with Crippen molar-refractivity contribution in [2.24, 2.45) is 0 Å². The van der Waals surface area contributed by atoms with Crippen LogP contribution < -0.4 is 28.6 Å². The largest absolute Gasteiger partial charge is 0.497 e. The van der Waals surface area contributed by atoms with E-state index in [0.29, 0.717) is 23.5 Å². The number of benzene rings is 3. The molecule has 244 valence electrons. The molecule has 11 nitrogen and oxygen atoms in total. The van der Waals surface area contributed by atoms with Crippen LogP contribution in [0.25, 0.3) is 0 Å². The highest BCUT2D eigenvalue weighted by atomic mass is 35.5. The van der Waals surface area contributed by atoms with E-state index in [-0.39, 0.29) is 45.6 Å². The van der Waals surface area contributed by atoms with Crippen LogP contribution in [0.1, 0.15) is 32.8 Å². The Hall–Kier alpha value is -4.16. The van der Waals surface area contributed by atoms with Gasteiger partial charge in [-0.05, 0) is 68.3 Å². The molecule has 0 radical (unpaired) electrons. The molecule has 0 aliphatic carbocycles. The number of methoxy groups -OCH3 is 4. The molecule has 3 aromatic carbocycles. The van der Waals surface area contributed by atoms with Gasteiger partial charge in [-0.2, -0.15) is 0 Å². The second-order valence-electron chi connectivity index (χ2n) is 10.2. The van der Waals surface area contributed by atoms with Crippen molar-refractivity contribution >= 4 is 39.1 Å². The van der Waals surface area contributed by atoms with E-state index in [1.807, 2.05) is 13.8 Å². The summed E-state index contributed by atoms with van der Waals surface area (Å²) in [6, 6.07) is 14.5. The van der Waals surface area contributed by atoms with Crippen molar-refractivity contribution in [3.63, 3.8) is 0 Å². The van der Waals surface area contributed by atoms with E-state index in [0.717, 1.165) is 4.31 Å². The predicted molar refractivity (Wildman–Crippen MR) is 173 cm³/mol. The van der Waals surface area contributed by atoms with Gasteiger partial charge in [0.1, 0.15) is 24.1 Å². The lowest BCUT2D eigenvalue weighted by Crippen LogP contribution is -2.52. The van der Waals surface area contributed by atoms with E-state index in [1.165, 1.54) is 63.7 Å². The number of halogens is 1. The molecule has 0 heterocycles. The molecule has 2 unspecified atom stereocenters. The standard InChI is InChI=1S/C32H40ClN3O8S/c1-8-21(2)34-32(38)22(3)35(19-23-10-9-11-25(16-23)41-4)31(37)20-36(27-17-24(33)12-14-28(27)42-5)45(39,40)26-13-15-29(43-6)30(18-26)44-7/h9-18,21-22H,8,19-20H2,1-7H3,(H,34,38). The Morgan fingerprint density at radius 2 is 1.53 bits per heavy atom. The molecule has 0 aliphatic rings.